The number of nitrogens with zero attached hydrogens (tertiary/aromatic N) is 2. The summed E-state index contributed by atoms with van der Waals surface area (Å²) in [6, 6.07) is 6.65. The largest absolute Gasteiger partial charge is 0.398 e. The van der Waals surface area contributed by atoms with Crippen LogP contribution < -0.4 is 5.43 Å². The number of rotatable bonds is 2. The molecule has 0 amide bonds. The van der Waals surface area contributed by atoms with Crippen LogP contribution in [0.2, 0.25) is 0 Å². The van der Waals surface area contributed by atoms with Gasteiger partial charge in [-0.05, 0) is 19.1 Å². The van der Waals surface area contributed by atoms with Gasteiger partial charge in [0.15, 0.2) is 5.84 Å². The second kappa shape index (κ2) is 4.16. The zero-order valence-electron chi connectivity index (χ0n) is 10.8. The van der Waals surface area contributed by atoms with E-state index in [9.17, 15) is 9.59 Å². The monoisotopic (exact) mass is 273 g/mol. The molecule has 20 heavy (non-hydrogen) atoms. The van der Waals surface area contributed by atoms with Gasteiger partial charge in [0.25, 0.3) is 0 Å². The minimum Gasteiger partial charge on any atom is -0.398 e. The van der Waals surface area contributed by atoms with Crippen molar-refractivity contribution in [1.82, 2.24) is 5.43 Å². The van der Waals surface area contributed by atoms with Crippen LogP contribution in [-0.4, -0.2) is 23.5 Å². The van der Waals surface area contributed by atoms with Gasteiger partial charge >= 0.3 is 17.8 Å². The van der Waals surface area contributed by atoms with Crippen LogP contribution in [0.1, 0.15) is 29.8 Å². The summed E-state index contributed by atoms with van der Waals surface area (Å²) in [6.45, 7) is 2.96. The highest BCUT2D eigenvalue weighted by Crippen LogP contribution is 2.39. The Kier molecular flexibility index (Phi) is 2.56. The molecule has 2 aliphatic rings. The first-order valence-electron chi connectivity index (χ1n) is 5.95. The second-order valence-electron chi connectivity index (χ2n) is 4.38. The van der Waals surface area contributed by atoms with E-state index in [-0.39, 0.29) is 0 Å². The van der Waals surface area contributed by atoms with Crippen LogP contribution in [0.3, 0.4) is 0 Å². The first-order valence-corrected chi connectivity index (χ1v) is 5.95. The van der Waals surface area contributed by atoms with Gasteiger partial charge < -0.3 is 9.47 Å². The van der Waals surface area contributed by atoms with Crippen LogP contribution in [0.4, 0.5) is 0 Å². The number of ether oxygens (including phenoxy) is 2. The topological polar surface area (TPSA) is 89.3 Å². The molecule has 0 bridgehead atoms. The lowest BCUT2D eigenvalue weighted by molar-refractivity contribution is -0.204. The summed E-state index contributed by atoms with van der Waals surface area (Å²) < 4.78 is 10.4. The lowest BCUT2D eigenvalue weighted by Gasteiger charge is -2.26. The van der Waals surface area contributed by atoms with Crippen molar-refractivity contribution in [3.63, 3.8) is 0 Å². The van der Waals surface area contributed by atoms with E-state index in [0.29, 0.717) is 22.7 Å². The van der Waals surface area contributed by atoms with Crippen LogP contribution in [-0.2, 0) is 20.2 Å². The number of hydrogen-bond donors (Lipinski definition) is 1. The molecular formula is C13H11N3O4. The lowest BCUT2D eigenvalue weighted by Crippen LogP contribution is -2.41. The number of benzene rings is 1. The van der Waals surface area contributed by atoms with Gasteiger partial charge in [-0.25, -0.2) is 4.79 Å². The highest BCUT2D eigenvalue weighted by Gasteiger charge is 2.50. The van der Waals surface area contributed by atoms with Crippen molar-refractivity contribution in [2.24, 2.45) is 10.1 Å². The predicted octanol–water partition coefficient (Wildman–Crippen LogP) is 0.908. The van der Waals surface area contributed by atoms with Crippen molar-refractivity contribution in [1.29, 1.82) is 0 Å². The van der Waals surface area contributed by atoms with Gasteiger partial charge in [0.2, 0.25) is 0 Å². The van der Waals surface area contributed by atoms with E-state index in [2.05, 4.69) is 15.5 Å². The maximum absolute atomic E-state index is 11.9. The predicted molar refractivity (Wildman–Crippen MR) is 69.0 cm³/mol. The number of carbonyl (C=O) groups excluding carboxylic acids is 2. The molecule has 1 aromatic rings. The first-order chi connectivity index (χ1) is 9.52. The maximum atomic E-state index is 11.9. The first kappa shape index (κ1) is 12.3. The van der Waals surface area contributed by atoms with Gasteiger partial charge in [-0.15, -0.1) is 0 Å². The summed E-state index contributed by atoms with van der Waals surface area (Å²) in [7, 11) is 0. The summed E-state index contributed by atoms with van der Waals surface area (Å²) in [5, 5.41) is 3.83. The molecule has 0 spiro atoms. The summed E-state index contributed by atoms with van der Waals surface area (Å²) in [6.07, 6.45) is 0. The van der Waals surface area contributed by atoms with Crippen molar-refractivity contribution in [2.45, 2.75) is 19.8 Å². The van der Waals surface area contributed by atoms with Gasteiger partial charge in [-0.2, -0.15) is 10.1 Å². The van der Waals surface area contributed by atoms with E-state index in [1.807, 2.05) is 0 Å². The summed E-state index contributed by atoms with van der Waals surface area (Å²) >= 11 is 0. The Labute approximate surface area is 114 Å². The van der Waals surface area contributed by atoms with E-state index in [1.165, 1.54) is 6.92 Å². The number of amidine groups is 1. The molecular weight excluding hydrogens is 262 g/mol. The molecule has 3 rings (SSSR count). The minimum absolute atomic E-state index is 0.326. The van der Waals surface area contributed by atoms with Gasteiger partial charge in [-0.1, -0.05) is 12.1 Å². The Morgan fingerprint density at radius 1 is 1.45 bits per heavy atom. The van der Waals surface area contributed by atoms with Gasteiger partial charge in [0.1, 0.15) is 5.71 Å². The van der Waals surface area contributed by atoms with Crippen LogP contribution >= 0.6 is 0 Å². The molecule has 1 N–H and O–H groups in total. The number of hydrogen-bond acceptors (Lipinski definition) is 6. The second-order valence-corrected chi connectivity index (χ2v) is 4.38. The van der Waals surface area contributed by atoms with Crippen LogP contribution in [0, 0.1) is 0 Å². The van der Waals surface area contributed by atoms with Gasteiger partial charge in [0, 0.05) is 6.92 Å². The number of nitrogens with one attached hydrogen (secondary N) is 1. The molecule has 2 aliphatic heterocycles. The van der Waals surface area contributed by atoms with Gasteiger partial charge in [0.05, 0.1) is 11.1 Å². The molecule has 1 atom stereocenters. The molecule has 0 aliphatic carbocycles. The average molecular weight is 273 g/mol. The Balaban J connectivity index is 2.14. The van der Waals surface area contributed by atoms with E-state index in [1.54, 1.807) is 31.2 Å². The third kappa shape index (κ3) is 1.75. The molecule has 1 unspecified atom stereocenters. The smallest absolute Gasteiger partial charge is 0.392 e. The normalized spacial score (nSPS) is 25.2. The quantitative estimate of drug-likeness (QED) is 0.809. The summed E-state index contributed by atoms with van der Waals surface area (Å²) in [5.41, 5.74) is 3.98. The van der Waals surface area contributed by atoms with Crippen LogP contribution in [0.25, 0.3) is 0 Å². The standard InChI is InChI=1S/C13H11N3O4/c1-7-11(16-15-7)14-13(19-8(2)17)10-6-4-3-5-9(10)12(18)20-13/h3-6H,1-2H3,(H,14,16). The Morgan fingerprint density at radius 3 is 2.80 bits per heavy atom. The third-order valence-electron chi connectivity index (χ3n) is 2.93. The van der Waals surface area contributed by atoms with Gasteiger partial charge in [-0.3, -0.25) is 10.2 Å². The molecule has 0 saturated heterocycles. The van der Waals surface area contributed by atoms with Crippen LogP contribution in [0.5, 0.6) is 0 Å². The molecule has 1 aromatic carbocycles. The Morgan fingerprint density at radius 2 is 2.20 bits per heavy atom. The average Bonchev–Trinajstić information content (AvgIpc) is 2.68. The third-order valence-corrected chi connectivity index (χ3v) is 2.93. The molecule has 7 nitrogen and oxygen atoms in total. The number of carbonyl (C=O) groups is 2. The lowest BCUT2D eigenvalue weighted by atomic mass is 10.1. The summed E-state index contributed by atoms with van der Waals surface area (Å²) in [5.74, 6) is -2.55. The fourth-order valence-electron chi connectivity index (χ4n) is 2.02. The molecule has 0 saturated carbocycles. The van der Waals surface area contributed by atoms with Crippen molar-refractivity contribution >= 4 is 23.5 Å². The fourth-order valence-corrected chi connectivity index (χ4v) is 2.02. The minimum atomic E-state index is -1.78. The molecule has 2 heterocycles. The van der Waals surface area contributed by atoms with Crippen molar-refractivity contribution in [2.75, 3.05) is 0 Å². The van der Waals surface area contributed by atoms with Crippen molar-refractivity contribution in [3.8, 4) is 0 Å². The zero-order chi connectivity index (χ0) is 14.3. The highest BCUT2D eigenvalue weighted by atomic mass is 16.8. The fraction of sp³-hybridized carbons (Fsp3) is 0.231. The highest BCUT2D eigenvalue weighted by molar-refractivity contribution is 6.44. The van der Waals surface area contributed by atoms with E-state index in [4.69, 9.17) is 9.47 Å². The Bertz CT molecular complexity index is 676. The molecule has 102 valence electrons. The zero-order valence-corrected chi connectivity index (χ0v) is 10.8. The maximum Gasteiger partial charge on any atom is 0.392 e. The Hall–Kier alpha value is -2.70. The van der Waals surface area contributed by atoms with E-state index < -0.39 is 17.8 Å². The number of hydrazone groups is 1. The van der Waals surface area contributed by atoms with E-state index >= 15 is 0 Å². The van der Waals surface area contributed by atoms with Crippen molar-refractivity contribution in [3.05, 3.63) is 35.4 Å². The van der Waals surface area contributed by atoms with E-state index in [0.717, 1.165) is 0 Å². The molecule has 0 fully saturated rings. The molecule has 0 radical (unpaired) electrons. The molecule has 0 aromatic heterocycles. The SMILES string of the molecule is CC(=O)OC1(N=C2NN=C2C)OC(=O)c2ccccc21. The number of fused-ring (bicyclic) bond motifs is 1. The van der Waals surface area contributed by atoms with Crippen LogP contribution in [0.15, 0.2) is 34.4 Å². The summed E-state index contributed by atoms with van der Waals surface area (Å²) in [4.78, 5) is 27.5. The number of esters is 2. The van der Waals surface area contributed by atoms with Crippen molar-refractivity contribution < 1.29 is 19.1 Å². The number of aliphatic imine (C=N–C) groups is 1. The molecule has 7 heteroatoms. The number of cyclic esters (lactones) is 1.